The molecule has 0 aliphatic heterocycles. The van der Waals surface area contributed by atoms with Gasteiger partial charge in [-0.2, -0.15) is 0 Å². The normalized spacial score (nSPS) is 14.2. The maximum Gasteiger partial charge on any atom is 0.345 e. The van der Waals surface area contributed by atoms with Crippen molar-refractivity contribution in [3.05, 3.63) is 21.9 Å². The number of carboxylic acids is 1. The molecular formula is C10H13NO3S2. The molecular weight excluding hydrogens is 246 g/mol. The molecule has 4 nitrogen and oxygen atoms in total. The fourth-order valence-corrected chi connectivity index (χ4v) is 2.11. The van der Waals surface area contributed by atoms with E-state index in [9.17, 15) is 9.35 Å². The Morgan fingerprint density at radius 2 is 2.19 bits per heavy atom. The highest BCUT2D eigenvalue weighted by molar-refractivity contribution is 7.91. The zero-order valence-electron chi connectivity index (χ0n) is 9.26. The molecule has 0 aliphatic rings. The first-order chi connectivity index (χ1) is 7.30. The summed E-state index contributed by atoms with van der Waals surface area (Å²) in [5, 5.41) is 8.71. The molecule has 1 heterocycles. The van der Waals surface area contributed by atoms with Crippen LogP contribution in [0.3, 0.4) is 0 Å². The van der Waals surface area contributed by atoms with Gasteiger partial charge in [0.2, 0.25) is 0 Å². The van der Waals surface area contributed by atoms with Crippen LogP contribution in [-0.2, 0) is 11.4 Å². The van der Waals surface area contributed by atoms with Gasteiger partial charge in [0.1, 0.15) is 21.0 Å². The van der Waals surface area contributed by atoms with E-state index in [0.717, 1.165) is 11.3 Å². The standard InChI is InChI=1S/C10H13NO3S2/c1-10(2,3)16(14)11-6-7-4-5-8(15-7)9(12)13/h4-6H,1-3H3,(H,12,13). The van der Waals surface area contributed by atoms with E-state index >= 15 is 0 Å². The second-order valence-electron chi connectivity index (χ2n) is 4.10. The Morgan fingerprint density at radius 1 is 1.56 bits per heavy atom. The summed E-state index contributed by atoms with van der Waals surface area (Å²) >= 11 is -0.200. The molecule has 6 heteroatoms. The van der Waals surface area contributed by atoms with Gasteiger partial charge in [0.05, 0.1) is 11.1 Å². The minimum atomic E-state index is -1.31. The lowest BCUT2D eigenvalue weighted by atomic mass is 10.3. The first-order valence-electron chi connectivity index (χ1n) is 4.60. The molecule has 16 heavy (non-hydrogen) atoms. The Labute approximate surface area is 101 Å². The highest BCUT2D eigenvalue weighted by Gasteiger charge is 2.25. The lowest BCUT2D eigenvalue weighted by Gasteiger charge is -2.17. The van der Waals surface area contributed by atoms with Crippen LogP contribution < -0.4 is 0 Å². The van der Waals surface area contributed by atoms with Crippen LogP contribution in [0.2, 0.25) is 0 Å². The summed E-state index contributed by atoms with van der Waals surface area (Å²) < 4.78 is 15.1. The van der Waals surface area contributed by atoms with Gasteiger partial charge in [-0.25, -0.2) is 4.79 Å². The molecule has 0 spiro atoms. The first kappa shape index (κ1) is 13.2. The molecule has 0 radical (unpaired) electrons. The van der Waals surface area contributed by atoms with E-state index in [2.05, 4.69) is 4.40 Å². The van der Waals surface area contributed by atoms with E-state index in [-0.39, 0.29) is 4.88 Å². The largest absolute Gasteiger partial charge is 0.591 e. The molecule has 1 N–H and O–H groups in total. The van der Waals surface area contributed by atoms with Crippen molar-refractivity contribution in [3.8, 4) is 0 Å². The lowest BCUT2D eigenvalue weighted by molar-refractivity contribution is 0.0702. The molecule has 0 saturated heterocycles. The predicted molar refractivity (Wildman–Crippen MR) is 66.8 cm³/mol. The maximum absolute atomic E-state index is 11.6. The second-order valence-corrected chi connectivity index (χ2v) is 7.15. The molecule has 1 atom stereocenters. The Bertz CT molecular complexity index is 406. The van der Waals surface area contributed by atoms with Crippen molar-refractivity contribution < 1.29 is 14.5 Å². The number of hydrogen-bond donors (Lipinski definition) is 1. The van der Waals surface area contributed by atoms with Gasteiger partial charge in [0.15, 0.2) is 0 Å². The molecule has 1 aromatic heterocycles. The van der Waals surface area contributed by atoms with Gasteiger partial charge in [-0.05, 0) is 32.9 Å². The summed E-state index contributed by atoms with van der Waals surface area (Å²) in [6, 6.07) is 3.16. The molecule has 0 fully saturated rings. The smallest absolute Gasteiger partial charge is 0.345 e. The molecule has 88 valence electrons. The van der Waals surface area contributed by atoms with Crippen molar-refractivity contribution in [2.75, 3.05) is 0 Å². The Balaban J connectivity index is 2.73. The van der Waals surface area contributed by atoms with E-state index in [0.29, 0.717) is 4.88 Å². The third-order valence-electron chi connectivity index (χ3n) is 1.64. The van der Waals surface area contributed by atoms with Crippen molar-refractivity contribution in [2.45, 2.75) is 25.5 Å². The molecule has 0 aromatic carbocycles. The van der Waals surface area contributed by atoms with Crippen LogP contribution in [0.25, 0.3) is 0 Å². The quantitative estimate of drug-likeness (QED) is 0.668. The average Bonchev–Trinajstić information content (AvgIpc) is 2.60. The topological polar surface area (TPSA) is 72.7 Å². The zero-order chi connectivity index (χ0) is 12.3. The summed E-state index contributed by atoms with van der Waals surface area (Å²) in [5.41, 5.74) is 0. The molecule has 0 aliphatic carbocycles. The molecule has 1 aromatic rings. The predicted octanol–water partition coefficient (Wildman–Crippen LogP) is 2.33. The van der Waals surface area contributed by atoms with Gasteiger partial charge in [-0.15, -0.1) is 11.3 Å². The maximum atomic E-state index is 11.6. The first-order valence-corrected chi connectivity index (χ1v) is 6.52. The molecule has 0 bridgehead atoms. The fourth-order valence-electron chi connectivity index (χ4n) is 0.795. The van der Waals surface area contributed by atoms with E-state index in [1.807, 2.05) is 20.8 Å². The molecule has 1 unspecified atom stereocenters. The van der Waals surface area contributed by atoms with Crippen molar-refractivity contribution in [1.29, 1.82) is 0 Å². The number of aromatic carboxylic acids is 1. The summed E-state index contributed by atoms with van der Waals surface area (Å²) in [7, 11) is 0. The highest BCUT2D eigenvalue weighted by Crippen LogP contribution is 2.18. The Hall–Kier alpha value is -0.850. The molecule has 0 amide bonds. The number of carboxylic acid groups (broad SMARTS) is 1. The van der Waals surface area contributed by atoms with E-state index in [1.54, 1.807) is 6.07 Å². The number of hydrogen-bond acceptors (Lipinski definition) is 4. The van der Waals surface area contributed by atoms with Gasteiger partial charge in [0.25, 0.3) is 0 Å². The van der Waals surface area contributed by atoms with Crippen molar-refractivity contribution >= 4 is 34.9 Å². The number of rotatable bonds is 3. The van der Waals surface area contributed by atoms with Crippen LogP contribution in [-0.4, -0.2) is 26.6 Å². The van der Waals surface area contributed by atoms with Crippen molar-refractivity contribution in [3.63, 3.8) is 0 Å². The summed E-state index contributed by atoms with van der Waals surface area (Å²) in [6.45, 7) is 5.49. The monoisotopic (exact) mass is 259 g/mol. The summed E-state index contributed by atoms with van der Waals surface area (Å²) in [6.07, 6.45) is 1.46. The van der Waals surface area contributed by atoms with Gasteiger partial charge in [-0.1, -0.05) is 4.40 Å². The van der Waals surface area contributed by atoms with Crippen LogP contribution in [0.5, 0.6) is 0 Å². The van der Waals surface area contributed by atoms with E-state index in [1.165, 1.54) is 12.3 Å². The van der Waals surface area contributed by atoms with Gasteiger partial charge in [-0.3, -0.25) is 0 Å². The van der Waals surface area contributed by atoms with Crippen molar-refractivity contribution in [1.82, 2.24) is 0 Å². The lowest BCUT2D eigenvalue weighted by Crippen LogP contribution is -2.25. The SMILES string of the molecule is CC(C)(C)[S+]([O-])N=Cc1ccc(C(=O)O)s1. The van der Waals surface area contributed by atoms with Crippen LogP contribution in [0.1, 0.15) is 35.3 Å². The Kier molecular flexibility index (Phi) is 4.12. The number of nitrogens with zero attached hydrogens (tertiary/aromatic N) is 1. The van der Waals surface area contributed by atoms with Crippen LogP contribution in [0.15, 0.2) is 16.5 Å². The fraction of sp³-hybridized carbons (Fsp3) is 0.400. The van der Waals surface area contributed by atoms with Crippen LogP contribution in [0.4, 0.5) is 0 Å². The molecule has 0 saturated carbocycles. The molecule has 1 rings (SSSR count). The summed E-state index contributed by atoms with van der Waals surface area (Å²) in [4.78, 5) is 11.6. The van der Waals surface area contributed by atoms with Crippen molar-refractivity contribution in [2.24, 2.45) is 4.40 Å². The van der Waals surface area contributed by atoms with Crippen LogP contribution >= 0.6 is 11.3 Å². The highest BCUT2D eigenvalue weighted by atomic mass is 32.2. The minimum Gasteiger partial charge on any atom is -0.591 e. The zero-order valence-corrected chi connectivity index (χ0v) is 10.9. The van der Waals surface area contributed by atoms with E-state index in [4.69, 9.17) is 5.11 Å². The van der Waals surface area contributed by atoms with Gasteiger partial charge < -0.3 is 9.66 Å². The third-order valence-corrected chi connectivity index (χ3v) is 3.99. The average molecular weight is 259 g/mol. The number of carbonyl (C=O) groups is 1. The van der Waals surface area contributed by atoms with Crippen LogP contribution in [0, 0.1) is 0 Å². The minimum absolute atomic E-state index is 0.253. The van der Waals surface area contributed by atoms with Gasteiger partial charge in [0, 0.05) is 0 Å². The van der Waals surface area contributed by atoms with E-state index < -0.39 is 22.1 Å². The van der Waals surface area contributed by atoms with Gasteiger partial charge >= 0.3 is 5.97 Å². The third kappa shape index (κ3) is 3.62. The summed E-state index contributed by atoms with van der Waals surface area (Å²) in [5.74, 6) is -0.957. The number of thiophene rings is 1. The second kappa shape index (κ2) is 4.99. The Morgan fingerprint density at radius 3 is 2.62 bits per heavy atom.